The summed E-state index contributed by atoms with van der Waals surface area (Å²) >= 11 is 0. The van der Waals surface area contributed by atoms with Crippen LogP contribution in [0.15, 0.2) is 41.2 Å². The SMILES string of the molecule is COc1ccc([C@H]2CC(=O)Oc3c2c(=O)[nH]c2ccccc32)c(OC)c1OC. The number of fused-ring (bicyclic) bond motifs is 3. The fraction of sp³-hybridized carbons (Fsp3) is 0.238. The van der Waals surface area contributed by atoms with Gasteiger partial charge in [-0.05, 0) is 18.2 Å². The van der Waals surface area contributed by atoms with Gasteiger partial charge in [0.25, 0.3) is 5.56 Å². The minimum atomic E-state index is -0.542. The highest BCUT2D eigenvalue weighted by Gasteiger charge is 2.35. The monoisotopic (exact) mass is 381 g/mol. The Morgan fingerprint density at radius 1 is 0.964 bits per heavy atom. The molecule has 1 N–H and O–H groups in total. The number of carbonyl (C=O) groups is 1. The predicted molar refractivity (Wildman–Crippen MR) is 103 cm³/mol. The van der Waals surface area contributed by atoms with E-state index in [1.54, 1.807) is 18.2 Å². The molecule has 7 heteroatoms. The molecule has 0 amide bonds. The number of benzene rings is 2. The van der Waals surface area contributed by atoms with Gasteiger partial charge in [0.05, 0.1) is 38.8 Å². The number of hydrogen-bond donors (Lipinski definition) is 1. The molecule has 1 atom stereocenters. The first-order chi connectivity index (χ1) is 13.6. The van der Waals surface area contributed by atoms with Crippen LogP contribution in [0.3, 0.4) is 0 Å². The van der Waals surface area contributed by atoms with Crippen LogP contribution in [0.1, 0.15) is 23.5 Å². The molecule has 4 rings (SSSR count). The van der Waals surface area contributed by atoms with Crippen LogP contribution in [0.25, 0.3) is 10.9 Å². The molecule has 0 aliphatic carbocycles. The molecule has 0 fully saturated rings. The smallest absolute Gasteiger partial charge is 0.312 e. The third-order valence-corrected chi connectivity index (χ3v) is 4.95. The number of aromatic nitrogens is 1. The minimum Gasteiger partial charge on any atom is -0.493 e. The molecule has 0 spiro atoms. The molecule has 2 aromatic carbocycles. The molecule has 1 aliphatic rings. The summed E-state index contributed by atoms with van der Waals surface area (Å²) < 4.78 is 21.8. The number of methoxy groups -OCH3 is 3. The number of H-pyrrole nitrogens is 1. The van der Waals surface area contributed by atoms with Gasteiger partial charge in [0.15, 0.2) is 11.5 Å². The Bertz CT molecular complexity index is 1130. The molecule has 1 aromatic heterocycles. The average Bonchev–Trinajstić information content (AvgIpc) is 2.71. The second-order valence-electron chi connectivity index (χ2n) is 6.40. The lowest BCUT2D eigenvalue weighted by atomic mass is 9.85. The average molecular weight is 381 g/mol. The molecule has 28 heavy (non-hydrogen) atoms. The quantitative estimate of drug-likeness (QED) is 0.699. The number of carbonyl (C=O) groups excluding carboxylic acids is 1. The lowest BCUT2D eigenvalue weighted by Gasteiger charge is -2.27. The molecule has 2 heterocycles. The molecule has 0 unspecified atom stereocenters. The first-order valence-corrected chi connectivity index (χ1v) is 8.73. The highest BCUT2D eigenvalue weighted by atomic mass is 16.5. The topological polar surface area (TPSA) is 86.9 Å². The van der Waals surface area contributed by atoms with Gasteiger partial charge in [0.1, 0.15) is 5.75 Å². The summed E-state index contributed by atoms with van der Waals surface area (Å²) in [4.78, 5) is 28.2. The van der Waals surface area contributed by atoms with Gasteiger partial charge in [0, 0.05) is 16.9 Å². The summed E-state index contributed by atoms with van der Waals surface area (Å²) in [6.45, 7) is 0. The van der Waals surface area contributed by atoms with E-state index in [9.17, 15) is 9.59 Å². The van der Waals surface area contributed by atoms with Crippen LogP contribution in [-0.4, -0.2) is 32.3 Å². The van der Waals surface area contributed by atoms with E-state index in [1.165, 1.54) is 21.3 Å². The molecular formula is C21H19NO6. The molecule has 0 saturated heterocycles. The van der Waals surface area contributed by atoms with Crippen molar-refractivity contribution in [3.63, 3.8) is 0 Å². The normalized spacial score (nSPS) is 15.7. The lowest BCUT2D eigenvalue weighted by Crippen LogP contribution is -2.28. The van der Waals surface area contributed by atoms with Crippen LogP contribution < -0.4 is 24.5 Å². The third-order valence-electron chi connectivity index (χ3n) is 4.95. The lowest BCUT2D eigenvalue weighted by molar-refractivity contribution is -0.135. The maximum absolute atomic E-state index is 12.9. The van der Waals surface area contributed by atoms with Crippen molar-refractivity contribution in [2.75, 3.05) is 21.3 Å². The van der Waals surface area contributed by atoms with E-state index in [0.29, 0.717) is 39.3 Å². The van der Waals surface area contributed by atoms with Crippen molar-refractivity contribution < 1.29 is 23.7 Å². The molecule has 1 aliphatic heterocycles. The van der Waals surface area contributed by atoms with Crippen LogP contribution in [0, 0.1) is 0 Å². The number of hydrogen-bond acceptors (Lipinski definition) is 6. The number of ether oxygens (including phenoxy) is 4. The molecule has 0 saturated carbocycles. The van der Waals surface area contributed by atoms with E-state index in [0.717, 1.165) is 0 Å². The van der Waals surface area contributed by atoms with Gasteiger partial charge in [-0.1, -0.05) is 18.2 Å². The van der Waals surface area contributed by atoms with E-state index in [4.69, 9.17) is 18.9 Å². The maximum atomic E-state index is 12.9. The summed E-state index contributed by atoms with van der Waals surface area (Å²) in [6.07, 6.45) is 0.0142. The van der Waals surface area contributed by atoms with Crippen molar-refractivity contribution in [1.29, 1.82) is 0 Å². The van der Waals surface area contributed by atoms with Crippen LogP contribution in [0.4, 0.5) is 0 Å². The van der Waals surface area contributed by atoms with Gasteiger partial charge in [0.2, 0.25) is 5.75 Å². The summed E-state index contributed by atoms with van der Waals surface area (Å²) in [5.41, 5.74) is 1.35. The van der Waals surface area contributed by atoms with Gasteiger partial charge >= 0.3 is 5.97 Å². The van der Waals surface area contributed by atoms with Crippen LogP contribution in [0.2, 0.25) is 0 Å². The van der Waals surface area contributed by atoms with E-state index in [1.807, 2.05) is 18.2 Å². The van der Waals surface area contributed by atoms with Crippen molar-refractivity contribution in [2.45, 2.75) is 12.3 Å². The first kappa shape index (κ1) is 17.9. The second kappa shape index (κ2) is 6.92. The summed E-state index contributed by atoms with van der Waals surface area (Å²) in [7, 11) is 4.54. The van der Waals surface area contributed by atoms with Crippen molar-refractivity contribution in [1.82, 2.24) is 4.98 Å². The molecule has 0 radical (unpaired) electrons. The predicted octanol–water partition coefficient (Wildman–Crippen LogP) is 2.99. The Morgan fingerprint density at radius 3 is 2.43 bits per heavy atom. The highest BCUT2D eigenvalue weighted by Crippen LogP contribution is 2.48. The molecule has 0 bridgehead atoms. The maximum Gasteiger partial charge on any atom is 0.312 e. The molecule has 3 aromatic rings. The standard InChI is InChI=1S/C21H19NO6/c1-25-15-9-8-11(19(26-2)20(15)27-3)13-10-16(23)28-18-12-6-4-5-7-14(12)22-21(24)17(13)18/h4-9,13H,10H2,1-3H3,(H,22,24)/t13-/m1/s1. The number of rotatable bonds is 4. The zero-order valence-electron chi connectivity index (χ0n) is 15.7. The Hall–Kier alpha value is -3.48. The zero-order valence-corrected chi connectivity index (χ0v) is 15.7. The number of pyridine rings is 1. The minimum absolute atomic E-state index is 0.0142. The van der Waals surface area contributed by atoms with Crippen LogP contribution in [0.5, 0.6) is 23.0 Å². The Labute approximate surface area is 160 Å². The van der Waals surface area contributed by atoms with Gasteiger partial charge in [-0.25, -0.2) is 0 Å². The van der Waals surface area contributed by atoms with Crippen molar-refractivity contribution in [3.05, 3.63) is 57.9 Å². The van der Waals surface area contributed by atoms with E-state index < -0.39 is 11.9 Å². The van der Waals surface area contributed by atoms with E-state index in [-0.39, 0.29) is 17.7 Å². The summed E-state index contributed by atoms with van der Waals surface area (Å²) in [5.74, 6) is 0.649. The molecule has 7 nitrogen and oxygen atoms in total. The molecule has 144 valence electrons. The summed E-state index contributed by atoms with van der Waals surface area (Å²) in [5, 5.41) is 0.676. The van der Waals surface area contributed by atoms with Crippen LogP contribution in [-0.2, 0) is 4.79 Å². The first-order valence-electron chi connectivity index (χ1n) is 8.73. The van der Waals surface area contributed by atoms with Crippen LogP contribution >= 0.6 is 0 Å². The van der Waals surface area contributed by atoms with E-state index >= 15 is 0 Å². The van der Waals surface area contributed by atoms with Crippen molar-refractivity contribution in [2.24, 2.45) is 0 Å². The second-order valence-corrected chi connectivity index (χ2v) is 6.40. The summed E-state index contributed by atoms with van der Waals surface area (Å²) in [6, 6.07) is 10.7. The number of esters is 1. The Kier molecular flexibility index (Phi) is 4.43. The highest BCUT2D eigenvalue weighted by molar-refractivity contribution is 5.91. The zero-order chi connectivity index (χ0) is 19.8. The Morgan fingerprint density at radius 2 is 1.71 bits per heavy atom. The molecular weight excluding hydrogens is 362 g/mol. The van der Waals surface area contributed by atoms with Gasteiger partial charge in [-0.15, -0.1) is 0 Å². The third kappa shape index (κ3) is 2.67. The number of para-hydroxylation sites is 1. The number of nitrogens with one attached hydrogen (secondary N) is 1. The fourth-order valence-corrected chi connectivity index (χ4v) is 3.74. The number of aromatic amines is 1. The van der Waals surface area contributed by atoms with Gasteiger partial charge < -0.3 is 23.9 Å². The van der Waals surface area contributed by atoms with E-state index in [2.05, 4.69) is 4.98 Å². The largest absolute Gasteiger partial charge is 0.493 e. The van der Waals surface area contributed by atoms with Crippen molar-refractivity contribution in [3.8, 4) is 23.0 Å². The van der Waals surface area contributed by atoms with Gasteiger partial charge in [-0.3, -0.25) is 9.59 Å². The Balaban J connectivity index is 2.01. The van der Waals surface area contributed by atoms with Gasteiger partial charge in [-0.2, -0.15) is 0 Å². The van der Waals surface area contributed by atoms with Crippen molar-refractivity contribution >= 4 is 16.9 Å². The fourth-order valence-electron chi connectivity index (χ4n) is 3.74.